The maximum absolute atomic E-state index is 14.4. The van der Waals surface area contributed by atoms with Crippen molar-refractivity contribution in [1.29, 1.82) is 0 Å². The number of rotatable bonds is 5. The highest BCUT2D eigenvalue weighted by Crippen LogP contribution is 2.59. The van der Waals surface area contributed by atoms with Crippen molar-refractivity contribution in [2.75, 3.05) is 6.54 Å². The molecule has 2 bridgehead atoms. The maximum Gasteiger partial charge on any atom is 0.245 e. The van der Waals surface area contributed by atoms with Crippen molar-refractivity contribution in [3.05, 3.63) is 88.6 Å². The van der Waals surface area contributed by atoms with Gasteiger partial charge in [-0.1, -0.05) is 35.9 Å². The van der Waals surface area contributed by atoms with Crippen LogP contribution in [0.4, 0.5) is 0 Å². The molecular weight excluding hydrogens is 642 g/mol. The summed E-state index contributed by atoms with van der Waals surface area (Å²) in [6.45, 7) is 3.82. The van der Waals surface area contributed by atoms with Crippen molar-refractivity contribution < 1.29 is 19.2 Å². The number of piperidine rings is 1. The molecule has 1 saturated carbocycles. The Hall–Kier alpha value is -4.90. The number of halogens is 1. The number of carbonyl (C=O) groups excluding carboxylic acids is 4. The van der Waals surface area contributed by atoms with E-state index in [1.165, 1.54) is 6.92 Å². The summed E-state index contributed by atoms with van der Waals surface area (Å²) < 4.78 is 1.62. The molecule has 0 spiro atoms. The number of nitrogens with one attached hydrogen (secondary N) is 2. The summed E-state index contributed by atoms with van der Waals surface area (Å²) in [4.78, 5) is 64.3. The summed E-state index contributed by atoms with van der Waals surface area (Å²) in [6, 6.07) is 10.3. The summed E-state index contributed by atoms with van der Waals surface area (Å²) in [7, 11) is 0. The van der Waals surface area contributed by atoms with E-state index in [1.54, 1.807) is 34.1 Å². The lowest BCUT2D eigenvalue weighted by Crippen LogP contribution is -2.48. The molecule has 49 heavy (non-hydrogen) atoms. The van der Waals surface area contributed by atoms with E-state index in [0.717, 1.165) is 28.7 Å². The van der Waals surface area contributed by atoms with Crippen LogP contribution in [0, 0.1) is 12.3 Å². The average Bonchev–Trinajstić information content (AvgIpc) is 3.49. The predicted molar refractivity (Wildman–Crippen MR) is 185 cm³/mol. The highest BCUT2D eigenvalue weighted by molar-refractivity contribution is 6.30. The zero-order valence-electron chi connectivity index (χ0n) is 27.5. The van der Waals surface area contributed by atoms with Gasteiger partial charge in [0, 0.05) is 66.3 Å². The molecule has 1 saturated heterocycles. The highest BCUT2D eigenvalue weighted by Gasteiger charge is 2.67. The molecule has 252 valence electrons. The summed E-state index contributed by atoms with van der Waals surface area (Å²) in [5, 5.41) is 12.0. The highest BCUT2D eigenvalue weighted by atomic mass is 35.5. The Labute approximate surface area is 289 Å². The standard InChI is InChI=1S/C37H38ClN7O4/c1-22(46)34-29-14-26(27-18-39-23(2)40-19-27)13-25-9-5-3-4-6-11-32(47)42-21-37-15-30(36(49)41-17-24-8-7-10-28(38)12-24)45(31(37)16-37)33(48)20-44(43-34)35(25)29/h3,5,7-8,10,12-14,18-19,30-31H,4,6,9,11,15-17,20-21H2,1-2H3,(H,41,49)(H,42,47)/b5-3+/t30-,31+,37-/m0/s1. The molecular formula is C37H38ClN7O4. The Kier molecular flexibility index (Phi) is 8.79. The molecule has 3 aliphatic rings. The van der Waals surface area contributed by atoms with Crippen LogP contribution in [0.1, 0.15) is 66.5 Å². The van der Waals surface area contributed by atoms with Gasteiger partial charge in [-0.05, 0) is 80.0 Å². The topological polar surface area (TPSA) is 139 Å². The van der Waals surface area contributed by atoms with Gasteiger partial charge in [-0.25, -0.2) is 9.97 Å². The van der Waals surface area contributed by atoms with Gasteiger partial charge >= 0.3 is 0 Å². The fourth-order valence-corrected chi connectivity index (χ4v) is 7.56. The zero-order valence-corrected chi connectivity index (χ0v) is 28.3. The SMILES string of the molecule is CC(=O)c1nn2c3c(cc(-c4cnc(C)nc4)cc13)C/C=C/CCCC(=O)NC[C@@]13C[C@@H](C(=O)NCc4cccc(Cl)c4)N(C(=O)C2)[C@@H]1C3. The van der Waals surface area contributed by atoms with Gasteiger partial charge in [-0.3, -0.25) is 23.9 Å². The lowest BCUT2D eigenvalue weighted by Gasteiger charge is -2.27. The smallest absolute Gasteiger partial charge is 0.245 e. The third kappa shape index (κ3) is 6.59. The van der Waals surface area contributed by atoms with Crippen molar-refractivity contribution in [2.24, 2.45) is 5.41 Å². The molecule has 4 aromatic rings. The third-order valence-corrected chi connectivity index (χ3v) is 10.2. The molecule has 11 nitrogen and oxygen atoms in total. The Morgan fingerprint density at radius 2 is 1.90 bits per heavy atom. The van der Waals surface area contributed by atoms with E-state index in [4.69, 9.17) is 16.7 Å². The minimum absolute atomic E-state index is 0.0314. The Bertz CT molecular complexity index is 2010. The van der Waals surface area contributed by atoms with Gasteiger partial charge in [0.2, 0.25) is 17.7 Å². The lowest BCUT2D eigenvalue weighted by molar-refractivity contribution is -0.140. The predicted octanol–water partition coefficient (Wildman–Crippen LogP) is 4.73. The number of benzene rings is 2. The lowest BCUT2D eigenvalue weighted by atomic mass is 9.98. The van der Waals surface area contributed by atoms with Gasteiger partial charge in [0.05, 0.1) is 5.52 Å². The second-order valence-corrected chi connectivity index (χ2v) is 13.8. The quantitative estimate of drug-likeness (QED) is 0.230. The number of aryl methyl sites for hydroxylation is 1. The number of hydrogen-bond donors (Lipinski definition) is 2. The minimum atomic E-state index is -0.717. The Balaban J connectivity index is 1.27. The molecule has 4 heterocycles. The van der Waals surface area contributed by atoms with Crippen LogP contribution in [0.25, 0.3) is 22.0 Å². The third-order valence-electron chi connectivity index (χ3n) is 9.94. The summed E-state index contributed by atoms with van der Waals surface area (Å²) >= 11 is 6.16. The number of amides is 3. The van der Waals surface area contributed by atoms with Crippen LogP contribution in [0.3, 0.4) is 0 Å². The van der Waals surface area contributed by atoms with Gasteiger partial charge in [0.15, 0.2) is 5.78 Å². The van der Waals surface area contributed by atoms with E-state index in [2.05, 4.69) is 26.7 Å². The number of ketones is 1. The number of hydrogen-bond acceptors (Lipinski definition) is 7. The molecule has 1 aliphatic carbocycles. The first-order valence-electron chi connectivity index (χ1n) is 16.7. The zero-order chi connectivity index (χ0) is 34.3. The van der Waals surface area contributed by atoms with Crippen LogP contribution in [0.2, 0.25) is 5.02 Å². The van der Waals surface area contributed by atoms with Gasteiger partial charge < -0.3 is 15.5 Å². The van der Waals surface area contributed by atoms with Crippen LogP contribution < -0.4 is 10.6 Å². The summed E-state index contributed by atoms with van der Waals surface area (Å²) in [5.41, 5.74) is 3.98. The van der Waals surface area contributed by atoms with E-state index in [9.17, 15) is 19.2 Å². The van der Waals surface area contributed by atoms with Crippen LogP contribution in [-0.2, 0) is 33.9 Å². The van der Waals surface area contributed by atoms with Crippen molar-refractivity contribution in [3.63, 3.8) is 0 Å². The van der Waals surface area contributed by atoms with E-state index in [1.807, 2.05) is 37.3 Å². The van der Waals surface area contributed by atoms with E-state index in [-0.39, 0.29) is 53.7 Å². The van der Waals surface area contributed by atoms with Gasteiger partial charge in [-0.15, -0.1) is 0 Å². The largest absolute Gasteiger partial charge is 0.355 e. The molecule has 12 heteroatoms. The van der Waals surface area contributed by atoms with E-state index in [0.29, 0.717) is 60.4 Å². The van der Waals surface area contributed by atoms with Gasteiger partial charge in [0.1, 0.15) is 24.1 Å². The van der Waals surface area contributed by atoms with Crippen LogP contribution in [0.15, 0.2) is 60.9 Å². The maximum atomic E-state index is 14.4. The van der Waals surface area contributed by atoms with Crippen molar-refractivity contribution in [2.45, 2.75) is 77.5 Å². The van der Waals surface area contributed by atoms with Crippen LogP contribution in [0.5, 0.6) is 0 Å². The fourth-order valence-electron chi connectivity index (χ4n) is 7.35. The molecule has 3 amide bonds. The van der Waals surface area contributed by atoms with Crippen LogP contribution in [-0.4, -0.2) is 66.8 Å². The summed E-state index contributed by atoms with van der Waals surface area (Å²) in [5.74, 6) is -0.116. The fraction of sp³-hybridized carbons (Fsp3) is 0.378. The van der Waals surface area contributed by atoms with Gasteiger partial charge in [0.25, 0.3) is 0 Å². The van der Waals surface area contributed by atoms with Gasteiger partial charge in [-0.2, -0.15) is 5.10 Å². The molecule has 2 aromatic carbocycles. The second kappa shape index (κ2) is 13.2. The summed E-state index contributed by atoms with van der Waals surface area (Å²) in [6.07, 6.45) is 11.1. The number of allylic oxidation sites excluding steroid dienone is 2. The molecule has 7 rings (SSSR count). The van der Waals surface area contributed by atoms with Crippen molar-refractivity contribution in [1.82, 2.24) is 35.3 Å². The van der Waals surface area contributed by atoms with E-state index < -0.39 is 6.04 Å². The number of Topliss-reactive ketones (excluding diaryl/α,β-unsaturated/α-hetero) is 1. The van der Waals surface area contributed by atoms with Crippen molar-refractivity contribution >= 4 is 46.0 Å². The number of aromatic nitrogens is 4. The van der Waals surface area contributed by atoms with E-state index >= 15 is 0 Å². The molecule has 2 fully saturated rings. The first-order chi connectivity index (χ1) is 23.6. The first kappa shape index (κ1) is 32.6. The monoisotopic (exact) mass is 679 g/mol. The molecule has 2 aliphatic heterocycles. The number of carbonyl (C=O) groups is 4. The number of nitrogens with zero attached hydrogens (tertiary/aromatic N) is 5. The molecule has 3 atom stereocenters. The average molecular weight is 680 g/mol. The molecule has 0 radical (unpaired) electrons. The normalized spacial score (nSPS) is 23.0. The molecule has 2 N–H and O–H groups in total. The Morgan fingerprint density at radius 3 is 2.67 bits per heavy atom. The molecule has 2 aromatic heterocycles. The Morgan fingerprint density at radius 1 is 1.08 bits per heavy atom. The van der Waals surface area contributed by atoms with Crippen LogP contribution >= 0.6 is 11.6 Å². The second-order valence-electron chi connectivity index (χ2n) is 13.4. The first-order valence-corrected chi connectivity index (χ1v) is 17.1. The van der Waals surface area contributed by atoms with Crippen molar-refractivity contribution in [3.8, 4) is 11.1 Å². The molecule has 0 unspecified atom stereocenters. The minimum Gasteiger partial charge on any atom is -0.355 e.